The predicted octanol–water partition coefficient (Wildman–Crippen LogP) is 4.88. The average molecular weight is 408 g/mol. The molecule has 1 aromatic carbocycles. The quantitative estimate of drug-likeness (QED) is 0.694. The van der Waals surface area contributed by atoms with Gasteiger partial charge in [0, 0.05) is 14.1 Å². The fourth-order valence-corrected chi connectivity index (χ4v) is 3.70. The Morgan fingerprint density at radius 2 is 1.94 bits per heavy atom. The van der Waals surface area contributed by atoms with Crippen LogP contribution < -0.4 is 5.73 Å². The maximum absolute atomic E-state index is 6.45. The van der Waals surface area contributed by atoms with E-state index in [2.05, 4.69) is 63.6 Å². The van der Waals surface area contributed by atoms with Crippen molar-refractivity contribution in [3.05, 3.63) is 31.8 Å². The molecule has 94 valence electrons. The minimum atomic E-state index is 0.187. The first-order valence-electron chi connectivity index (χ1n) is 6.28. The van der Waals surface area contributed by atoms with Gasteiger partial charge in [-0.1, -0.05) is 35.7 Å². The van der Waals surface area contributed by atoms with E-state index in [4.69, 9.17) is 5.73 Å². The van der Waals surface area contributed by atoms with Crippen LogP contribution in [0.25, 0.3) is 0 Å². The molecule has 0 heterocycles. The highest BCUT2D eigenvalue weighted by molar-refractivity contribution is 14.1. The lowest BCUT2D eigenvalue weighted by Crippen LogP contribution is -2.25. The van der Waals surface area contributed by atoms with E-state index in [1.807, 2.05) is 0 Å². The molecule has 1 aromatic rings. The van der Waals surface area contributed by atoms with E-state index in [1.165, 1.54) is 34.8 Å². The zero-order valence-corrected chi connectivity index (χ0v) is 13.9. The molecule has 2 N–H and O–H groups in total. The molecule has 3 heteroatoms. The lowest BCUT2D eigenvalue weighted by molar-refractivity contribution is 0.255. The van der Waals surface area contributed by atoms with Gasteiger partial charge in [-0.25, -0.2) is 0 Å². The molecule has 1 saturated carbocycles. The average Bonchev–Trinajstić information content (AvgIpc) is 2.32. The highest BCUT2D eigenvalue weighted by Gasteiger charge is 2.25. The van der Waals surface area contributed by atoms with Crippen LogP contribution in [0.1, 0.15) is 44.2 Å². The summed E-state index contributed by atoms with van der Waals surface area (Å²) in [5.41, 5.74) is 7.73. The van der Waals surface area contributed by atoms with Gasteiger partial charge in [-0.2, -0.15) is 0 Å². The first-order chi connectivity index (χ1) is 8.08. The van der Waals surface area contributed by atoms with Crippen LogP contribution in [0.15, 0.2) is 22.7 Å². The topological polar surface area (TPSA) is 26.0 Å². The lowest BCUT2D eigenvalue weighted by atomic mass is 9.78. The van der Waals surface area contributed by atoms with Gasteiger partial charge in [0.25, 0.3) is 0 Å². The summed E-state index contributed by atoms with van der Waals surface area (Å²) in [6.07, 6.45) is 5.22. The molecule has 0 radical (unpaired) electrons. The maximum atomic E-state index is 6.45. The Hall–Kier alpha value is 0.390. The van der Waals surface area contributed by atoms with E-state index in [-0.39, 0.29) is 6.04 Å². The minimum absolute atomic E-state index is 0.187. The van der Waals surface area contributed by atoms with E-state index in [9.17, 15) is 0 Å². The van der Waals surface area contributed by atoms with Gasteiger partial charge in [-0.3, -0.25) is 0 Å². The fourth-order valence-electron chi connectivity index (χ4n) is 2.67. The zero-order valence-electron chi connectivity index (χ0n) is 10.1. The Balaban J connectivity index is 2.13. The SMILES string of the molecule is CC1CCC(C(N)c2cc(I)ccc2Br)CC1. The van der Waals surface area contributed by atoms with Crippen molar-refractivity contribution in [1.82, 2.24) is 0 Å². The smallest absolute Gasteiger partial charge is 0.0335 e. The van der Waals surface area contributed by atoms with E-state index in [1.54, 1.807) is 0 Å². The Morgan fingerprint density at radius 3 is 2.59 bits per heavy atom. The third-order valence-corrected chi connectivity index (χ3v) is 5.28. The van der Waals surface area contributed by atoms with Crippen LogP contribution in [0, 0.1) is 15.4 Å². The molecule has 1 atom stereocenters. The van der Waals surface area contributed by atoms with Gasteiger partial charge in [0.05, 0.1) is 0 Å². The standard InChI is InChI=1S/C14H19BrIN/c1-9-2-4-10(5-3-9)14(17)12-8-11(16)6-7-13(12)15/h6-10,14H,2-5,17H2,1H3. The number of hydrogen-bond acceptors (Lipinski definition) is 1. The number of benzene rings is 1. The van der Waals surface area contributed by atoms with Crippen molar-refractivity contribution >= 4 is 38.5 Å². The Morgan fingerprint density at radius 1 is 1.29 bits per heavy atom. The van der Waals surface area contributed by atoms with Crippen molar-refractivity contribution < 1.29 is 0 Å². The molecule has 0 saturated heterocycles. The van der Waals surface area contributed by atoms with Crippen molar-refractivity contribution in [2.75, 3.05) is 0 Å². The number of nitrogens with two attached hydrogens (primary N) is 1. The van der Waals surface area contributed by atoms with Crippen LogP contribution in [0.3, 0.4) is 0 Å². The van der Waals surface area contributed by atoms with Crippen molar-refractivity contribution in [1.29, 1.82) is 0 Å². The number of hydrogen-bond donors (Lipinski definition) is 1. The third-order valence-electron chi connectivity index (χ3n) is 3.89. The molecular weight excluding hydrogens is 389 g/mol. The van der Waals surface area contributed by atoms with Crippen molar-refractivity contribution in [3.8, 4) is 0 Å². The van der Waals surface area contributed by atoms with Gasteiger partial charge >= 0.3 is 0 Å². The summed E-state index contributed by atoms with van der Waals surface area (Å²) in [5, 5.41) is 0. The summed E-state index contributed by atoms with van der Waals surface area (Å²) >= 11 is 5.98. The molecule has 0 spiro atoms. The van der Waals surface area contributed by atoms with Crippen molar-refractivity contribution in [3.63, 3.8) is 0 Å². The molecule has 1 aliphatic carbocycles. The summed E-state index contributed by atoms with van der Waals surface area (Å²) in [6.45, 7) is 2.35. The highest BCUT2D eigenvalue weighted by Crippen LogP contribution is 2.37. The Labute approximate surface area is 126 Å². The zero-order chi connectivity index (χ0) is 12.4. The molecule has 0 aliphatic heterocycles. The molecule has 1 unspecified atom stereocenters. The van der Waals surface area contributed by atoms with Crippen LogP contribution in [-0.4, -0.2) is 0 Å². The molecule has 1 fully saturated rings. The molecular formula is C14H19BrIN. The molecule has 0 aromatic heterocycles. The number of rotatable bonds is 2. The second kappa shape index (κ2) is 6.02. The molecule has 0 amide bonds. The molecule has 2 rings (SSSR count). The van der Waals surface area contributed by atoms with Gasteiger partial charge in [0.1, 0.15) is 0 Å². The summed E-state index contributed by atoms with van der Waals surface area (Å²) < 4.78 is 2.42. The van der Waals surface area contributed by atoms with E-state index < -0.39 is 0 Å². The van der Waals surface area contributed by atoms with Gasteiger partial charge in [-0.15, -0.1) is 0 Å². The van der Waals surface area contributed by atoms with Gasteiger partial charge < -0.3 is 5.73 Å². The van der Waals surface area contributed by atoms with Gasteiger partial charge in [-0.05, 0) is 71.0 Å². The molecule has 0 bridgehead atoms. The summed E-state index contributed by atoms with van der Waals surface area (Å²) in [7, 11) is 0. The second-order valence-electron chi connectivity index (χ2n) is 5.21. The Kier molecular flexibility index (Phi) is 4.89. The van der Waals surface area contributed by atoms with Crippen LogP contribution in [0.4, 0.5) is 0 Å². The normalized spacial score (nSPS) is 26.8. The van der Waals surface area contributed by atoms with Crippen LogP contribution in [-0.2, 0) is 0 Å². The summed E-state index contributed by atoms with van der Waals surface area (Å²) in [4.78, 5) is 0. The first-order valence-corrected chi connectivity index (χ1v) is 8.15. The Bertz CT molecular complexity index is 386. The highest BCUT2D eigenvalue weighted by atomic mass is 127. The number of halogens is 2. The maximum Gasteiger partial charge on any atom is 0.0335 e. The van der Waals surface area contributed by atoms with Crippen LogP contribution in [0.2, 0.25) is 0 Å². The monoisotopic (exact) mass is 407 g/mol. The van der Waals surface area contributed by atoms with Crippen molar-refractivity contribution in [2.45, 2.75) is 38.6 Å². The largest absolute Gasteiger partial charge is 0.324 e. The minimum Gasteiger partial charge on any atom is -0.324 e. The summed E-state index contributed by atoms with van der Waals surface area (Å²) in [6, 6.07) is 6.63. The summed E-state index contributed by atoms with van der Waals surface area (Å²) in [5.74, 6) is 1.54. The van der Waals surface area contributed by atoms with Gasteiger partial charge in [0.15, 0.2) is 0 Å². The third kappa shape index (κ3) is 3.44. The van der Waals surface area contributed by atoms with Gasteiger partial charge in [0.2, 0.25) is 0 Å². The first kappa shape index (κ1) is 13.8. The lowest BCUT2D eigenvalue weighted by Gasteiger charge is -2.31. The predicted molar refractivity (Wildman–Crippen MR) is 84.9 cm³/mol. The van der Waals surface area contributed by atoms with Crippen LogP contribution >= 0.6 is 38.5 Å². The molecule has 1 aliphatic rings. The van der Waals surface area contributed by atoms with E-state index in [0.29, 0.717) is 5.92 Å². The second-order valence-corrected chi connectivity index (χ2v) is 7.31. The molecule has 1 nitrogen and oxygen atoms in total. The molecule has 17 heavy (non-hydrogen) atoms. The van der Waals surface area contributed by atoms with Crippen LogP contribution in [0.5, 0.6) is 0 Å². The van der Waals surface area contributed by atoms with E-state index >= 15 is 0 Å². The van der Waals surface area contributed by atoms with E-state index in [0.717, 1.165) is 10.4 Å². The van der Waals surface area contributed by atoms with Crippen molar-refractivity contribution in [2.24, 2.45) is 17.6 Å². The fraction of sp³-hybridized carbons (Fsp3) is 0.571.